The van der Waals surface area contributed by atoms with E-state index in [9.17, 15) is 0 Å². The summed E-state index contributed by atoms with van der Waals surface area (Å²) in [5, 5.41) is 3.89. The molecule has 0 aliphatic heterocycles. The Morgan fingerprint density at radius 2 is 2.10 bits per heavy atom. The van der Waals surface area contributed by atoms with E-state index in [1.54, 1.807) is 11.0 Å². The Bertz CT molecular complexity index is 169. The summed E-state index contributed by atoms with van der Waals surface area (Å²) >= 11 is 0. The molecule has 0 saturated heterocycles. The highest BCUT2D eigenvalue weighted by Gasteiger charge is 1.92. The average molecular weight is 141 g/mol. The number of hydrogen-bond donors (Lipinski definition) is 0. The van der Waals surface area contributed by atoms with Crippen LogP contribution in [0.15, 0.2) is 6.33 Å². The molecule has 0 saturated carbocycles. The van der Waals surface area contributed by atoms with Gasteiger partial charge < -0.3 is 0 Å². The highest BCUT2D eigenvalue weighted by atomic mass is 15.3. The first-order valence-electron chi connectivity index (χ1n) is 3.67. The van der Waals surface area contributed by atoms with Crippen LogP contribution in [0.2, 0.25) is 0 Å². The van der Waals surface area contributed by atoms with Crippen molar-refractivity contribution >= 4 is 0 Å². The summed E-state index contributed by atoms with van der Waals surface area (Å²) in [7, 11) is 1.89. The molecule has 3 nitrogen and oxygen atoms in total. The molecule has 0 radical (unpaired) electrons. The molecule has 0 amide bonds. The van der Waals surface area contributed by atoms with E-state index >= 15 is 0 Å². The van der Waals surface area contributed by atoms with Crippen molar-refractivity contribution < 1.29 is 0 Å². The van der Waals surface area contributed by atoms with Gasteiger partial charge in [0.15, 0.2) is 0 Å². The number of rotatable bonds is 1. The van der Waals surface area contributed by atoms with E-state index in [-0.39, 0.29) is 0 Å². The predicted octanol–water partition coefficient (Wildman–Crippen LogP) is 1.40. The van der Waals surface area contributed by atoms with Crippen molar-refractivity contribution in [1.82, 2.24) is 14.8 Å². The maximum Gasteiger partial charge on any atom is 0.138 e. The fraction of sp³-hybridized carbons (Fsp3) is 0.714. The molecule has 0 N–H and O–H groups in total. The molecule has 10 heavy (non-hydrogen) atoms. The topological polar surface area (TPSA) is 30.7 Å². The van der Waals surface area contributed by atoms with Crippen LogP contribution >= 0.6 is 0 Å². The van der Waals surface area contributed by atoms with Gasteiger partial charge in [-0.2, -0.15) is 5.10 Å². The average Bonchev–Trinajstić information content (AvgIpc) is 2.39. The van der Waals surface area contributed by atoms with Gasteiger partial charge in [-0.05, 0) is 0 Å². The standard InChI is InChI=1S/C5H9N3.C2H6/c1-3-5-6-4-7-8(5)2;1-2/h4H,3H2,1-2H3;1-2H3. The van der Waals surface area contributed by atoms with E-state index in [0.29, 0.717) is 0 Å². The Hall–Kier alpha value is -0.860. The van der Waals surface area contributed by atoms with Crippen molar-refractivity contribution in [1.29, 1.82) is 0 Å². The first-order valence-corrected chi connectivity index (χ1v) is 3.67. The third-order valence-corrected chi connectivity index (χ3v) is 1.12. The number of nitrogens with zero attached hydrogens (tertiary/aromatic N) is 3. The molecular weight excluding hydrogens is 126 g/mol. The molecule has 1 rings (SSSR count). The lowest BCUT2D eigenvalue weighted by atomic mass is 10.5. The normalized spacial score (nSPS) is 8.40. The minimum absolute atomic E-state index is 0.955. The van der Waals surface area contributed by atoms with E-state index in [1.807, 2.05) is 20.9 Å². The van der Waals surface area contributed by atoms with Gasteiger partial charge in [-0.3, -0.25) is 4.68 Å². The molecule has 0 fully saturated rings. The molecule has 0 aliphatic rings. The molecule has 3 heteroatoms. The predicted molar refractivity (Wildman–Crippen MR) is 41.7 cm³/mol. The first-order chi connectivity index (χ1) is 4.84. The number of aromatic nitrogens is 3. The van der Waals surface area contributed by atoms with Gasteiger partial charge in [0.1, 0.15) is 12.2 Å². The maximum atomic E-state index is 3.99. The molecule has 1 heterocycles. The minimum atomic E-state index is 0.955. The number of aryl methyl sites for hydroxylation is 2. The Kier molecular flexibility index (Phi) is 4.54. The second-order valence-electron chi connectivity index (χ2n) is 1.65. The van der Waals surface area contributed by atoms with E-state index in [1.165, 1.54) is 0 Å². The Balaban J connectivity index is 0.000000371. The highest BCUT2D eigenvalue weighted by Crippen LogP contribution is 1.88. The Morgan fingerprint density at radius 3 is 2.30 bits per heavy atom. The third-order valence-electron chi connectivity index (χ3n) is 1.12. The van der Waals surface area contributed by atoms with Gasteiger partial charge in [-0.15, -0.1) is 0 Å². The quantitative estimate of drug-likeness (QED) is 0.592. The van der Waals surface area contributed by atoms with Crippen molar-refractivity contribution in [3.05, 3.63) is 12.2 Å². The van der Waals surface area contributed by atoms with Crippen molar-refractivity contribution in [2.45, 2.75) is 27.2 Å². The summed E-state index contributed by atoms with van der Waals surface area (Å²) in [5.41, 5.74) is 0. The summed E-state index contributed by atoms with van der Waals surface area (Å²) < 4.78 is 1.78. The molecule has 1 aromatic heterocycles. The van der Waals surface area contributed by atoms with E-state index in [4.69, 9.17) is 0 Å². The zero-order chi connectivity index (χ0) is 7.98. The summed E-state index contributed by atoms with van der Waals surface area (Å²) in [6.45, 7) is 6.06. The van der Waals surface area contributed by atoms with Crippen LogP contribution in [0.5, 0.6) is 0 Å². The van der Waals surface area contributed by atoms with Crippen LogP contribution in [0, 0.1) is 0 Å². The second-order valence-corrected chi connectivity index (χ2v) is 1.65. The lowest BCUT2D eigenvalue weighted by Gasteiger charge is -1.90. The zero-order valence-corrected chi connectivity index (χ0v) is 7.13. The van der Waals surface area contributed by atoms with Crippen LogP contribution in [0.4, 0.5) is 0 Å². The lowest BCUT2D eigenvalue weighted by molar-refractivity contribution is 0.709. The highest BCUT2D eigenvalue weighted by molar-refractivity contribution is 4.80. The van der Waals surface area contributed by atoms with Gasteiger partial charge in [-0.1, -0.05) is 20.8 Å². The van der Waals surface area contributed by atoms with E-state index < -0.39 is 0 Å². The van der Waals surface area contributed by atoms with Crippen LogP contribution in [-0.4, -0.2) is 14.8 Å². The molecule has 1 aromatic rings. The van der Waals surface area contributed by atoms with Gasteiger partial charge in [-0.25, -0.2) is 4.98 Å². The fourth-order valence-electron chi connectivity index (χ4n) is 0.640. The molecule has 0 bridgehead atoms. The van der Waals surface area contributed by atoms with Gasteiger partial charge in [0.05, 0.1) is 0 Å². The number of hydrogen-bond acceptors (Lipinski definition) is 2. The van der Waals surface area contributed by atoms with Crippen LogP contribution < -0.4 is 0 Å². The molecule has 58 valence electrons. The van der Waals surface area contributed by atoms with Crippen molar-refractivity contribution in [2.24, 2.45) is 7.05 Å². The summed E-state index contributed by atoms with van der Waals surface area (Å²) in [5.74, 6) is 1.03. The monoisotopic (exact) mass is 141 g/mol. The maximum absolute atomic E-state index is 3.99. The van der Waals surface area contributed by atoms with Gasteiger partial charge in [0.25, 0.3) is 0 Å². The van der Waals surface area contributed by atoms with E-state index in [0.717, 1.165) is 12.2 Å². The zero-order valence-electron chi connectivity index (χ0n) is 7.13. The van der Waals surface area contributed by atoms with Crippen LogP contribution in [0.1, 0.15) is 26.6 Å². The molecule has 0 aromatic carbocycles. The largest absolute Gasteiger partial charge is 0.253 e. The molecule has 0 unspecified atom stereocenters. The third kappa shape index (κ3) is 2.17. The Morgan fingerprint density at radius 1 is 1.50 bits per heavy atom. The molecule has 0 atom stereocenters. The van der Waals surface area contributed by atoms with Gasteiger partial charge in [0, 0.05) is 13.5 Å². The summed E-state index contributed by atoms with van der Waals surface area (Å²) in [6.07, 6.45) is 2.52. The van der Waals surface area contributed by atoms with Crippen molar-refractivity contribution in [3.8, 4) is 0 Å². The van der Waals surface area contributed by atoms with Gasteiger partial charge in [0.2, 0.25) is 0 Å². The van der Waals surface area contributed by atoms with Gasteiger partial charge >= 0.3 is 0 Å². The Labute approximate surface area is 62.1 Å². The fourth-order valence-corrected chi connectivity index (χ4v) is 0.640. The SMILES string of the molecule is CC.CCc1ncnn1C. The molecule has 0 aliphatic carbocycles. The van der Waals surface area contributed by atoms with Crippen molar-refractivity contribution in [3.63, 3.8) is 0 Å². The second kappa shape index (κ2) is 4.97. The first kappa shape index (κ1) is 9.14. The van der Waals surface area contributed by atoms with Crippen LogP contribution in [0.3, 0.4) is 0 Å². The molecule has 0 spiro atoms. The summed E-state index contributed by atoms with van der Waals surface area (Å²) in [4.78, 5) is 3.99. The van der Waals surface area contributed by atoms with Crippen LogP contribution in [0.25, 0.3) is 0 Å². The van der Waals surface area contributed by atoms with Crippen molar-refractivity contribution in [2.75, 3.05) is 0 Å². The van der Waals surface area contributed by atoms with E-state index in [2.05, 4.69) is 17.0 Å². The summed E-state index contributed by atoms with van der Waals surface area (Å²) in [6, 6.07) is 0. The lowest BCUT2D eigenvalue weighted by Crippen LogP contribution is -1.96. The smallest absolute Gasteiger partial charge is 0.138 e. The minimum Gasteiger partial charge on any atom is -0.253 e. The molecular formula is C7H15N3. The van der Waals surface area contributed by atoms with Crippen LogP contribution in [-0.2, 0) is 13.5 Å².